The Balaban J connectivity index is 2.10. The standard InChI is InChI=1S/C15H18N4O2/c1-10-12(14(20)18(3)16-10)8-6-5-7-9-13-11(2)17-19(4)15(13)21/h5-9,16H,1-4H3/b7-5+,8-6+,13-9-. The van der Waals surface area contributed by atoms with Crippen LogP contribution in [0, 0.1) is 6.92 Å². The molecule has 0 saturated heterocycles. The van der Waals surface area contributed by atoms with Crippen molar-refractivity contribution in [2.45, 2.75) is 13.8 Å². The lowest BCUT2D eigenvalue weighted by Gasteiger charge is -2.00. The molecule has 2 rings (SSSR count). The summed E-state index contributed by atoms with van der Waals surface area (Å²) in [5, 5.41) is 8.30. The lowest BCUT2D eigenvalue weighted by Crippen LogP contribution is -2.16. The SMILES string of the molecule is CC1=NN(C)C(=O)\C1=C/C=C/C=C/c1c(C)[nH]n(C)c1=O. The highest BCUT2D eigenvalue weighted by atomic mass is 16.2. The number of nitrogens with one attached hydrogen (secondary N) is 1. The zero-order valence-electron chi connectivity index (χ0n) is 12.5. The molecule has 1 aliphatic heterocycles. The molecule has 0 saturated carbocycles. The van der Waals surface area contributed by atoms with Crippen molar-refractivity contribution < 1.29 is 4.79 Å². The van der Waals surface area contributed by atoms with Crippen molar-refractivity contribution in [3.05, 3.63) is 51.5 Å². The number of hydrazone groups is 1. The van der Waals surface area contributed by atoms with Crippen LogP contribution >= 0.6 is 0 Å². The van der Waals surface area contributed by atoms with Crippen LogP contribution in [0.5, 0.6) is 0 Å². The Bertz CT molecular complexity index is 744. The van der Waals surface area contributed by atoms with Gasteiger partial charge in [0.2, 0.25) is 0 Å². The number of carbonyl (C=O) groups excluding carboxylic acids is 1. The number of aromatic amines is 1. The number of carbonyl (C=O) groups is 1. The Labute approximate surface area is 122 Å². The number of hydrogen-bond acceptors (Lipinski definition) is 3. The third-order valence-electron chi connectivity index (χ3n) is 3.24. The van der Waals surface area contributed by atoms with Crippen LogP contribution in [0.3, 0.4) is 0 Å². The molecule has 1 aromatic rings. The van der Waals surface area contributed by atoms with E-state index in [0.717, 1.165) is 5.69 Å². The van der Waals surface area contributed by atoms with Gasteiger partial charge in [0.1, 0.15) is 0 Å². The first-order chi connectivity index (χ1) is 9.91. The largest absolute Gasteiger partial charge is 0.300 e. The zero-order valence-corrected chi connectivity index (χ0v) is 12.5. The smallest absolute Gasteiger partial charge is 0.275 e. The summed E-state index contributed by atoms with van der Waals surface area (Å²) in [5.41, 5.74) is 2.67. The van der Waals surface area contributed by atoms with Gasteiger partial charge in [0, 0.05) is 19.8 Å². The summed E-state index contributed by atoms with van der Waals surface area (Å²) in [5.74, 6) is -0.114. The third-order valence-corrected chi connectivity index (χ3v) is 3.24. The van der Waals surface area contributed by atoms with E-state index < -0.39 is 0 Å². The molecule has 6 heteroatoms. The van der Waals surface area contributed by atoms with Gasteiger partial charge < -0.3 is 0 Å². The molecule has 1 aliphatic rings. The van der Waals surface area contributed by atoms with E-state index in [2.05, 4.69) is 10.2 Å². The van der Waals surface area contributed by atoms with Crippen LogP contribution in [0.15, 0.2) is 39.8 Å². The van der Waals surface area contributed by atoms with Crippen LogP contribution in [0.1, 0.15) is 18.2 Å². The highest BCUT2D eigenvalue weighted by Crippen LogP contribution is 2.12. The van der Waals surface area contributed by atoms with Gasteiger partial charge in [0.15, 0.2) is 0 Å². The summed E-state index contributed by atoms with van der Waals surface area (Å²) in [6.07, 6.45) is 8.76. The molecule has 0 fully saturated rings. The Kier molecular flexibility index (Phi) is 4.07. The number of likely N-dealkylation sites (N-methyl/N-ethyl adjacent to an activating group) is 1. The number of H-pyrrole nitrogens is 1. The molecule has 21 heavy (non-hydrogen) atoms. The fourth-order valence-electron chi connectivity index (χ4n) is 2.11. The summed E-state index contributed by atoms with van der Waals surface area (Å²) in [4.78, 5) is 23.5. The summed E-state index contributed by atoms with van der Waals surface area (Å²) in [6.45, 7) is 3.64. The molecule has 0 spiro atoms. The van der Waals surface area contributed by atoms with E-state index in [4.69, 9.17) is 0 Å². The summed E-state index contributed by atoms with van der Waals surface area (Å²) in [6, 6.07) is 0. The molecule has 2 heterocycles. The van der Waals surface area contributed by atoms with Gasteiger partial charge in [-0.05, 0) is 26.0 Å². The van der Waals surface area contributed by atoms with Crippen LogP contribution in [0.25, 0.3) is 6.08 Å². The Morgan fingerprint density at radius 3 is 2.33 bits per heavy atom. The van der Waals surface area contributed by atoms with Crippen LogP contribution < -0.4 is 5.56 Å². The molecule has 0 bridgehead atoms. The maximum atomic E-state index is 11.8. The Morgan fingerprint density at radius 1 is 1.10 bits per heavy atom. The lowest BCUT2D eigenvalue weighted by molar-refractivity contribution is -0.124. The molecule has 0 atom stereocenters. The molecule has 1 amide bonds. The lowest BCUT2D eigenvalue weighted by atomic mass is 10.1. The van der Waals surface area contributed by atoms with Crippen molar-refractivity contribution in [3.8, 4) is 0 Å². The normalized spacial score (nSPS) is 17.7. The van der Waals surface area contributed by atoms with Gasteiger partial charge in [0.05, 0.1) is 16.8 Å². The van der Waals surface area contributed by atoms with Crippen molar-refractivity contribution in [2.75, 3.05) is 7.05 Å². The fraction of sp³-hybridized carbons (Fsp3) is 0.267. The van der Waals surface area contributed by atoms with E-state index >= 15 is 0 Å². The molecule has 1 aromatic heterocycles. The van der Waals surface area contributed by atoms with Gasteiger partial charge in [-0.15, -0.1) is 0 Å². The van der Waals surface area contributed by atoms with Crippen molar-refractivity contribution in [1.82, 2.24) is 14.8 Å². The number of allylic oxidation sites excluding steroid dienone is 4. The third kappa shape index (κ3) is 2.94. The topological polar surface area (TPSA) is 70.5 Å². The molecule has 0 aromatic carbocycles. The number of amides is 1. The summed E-state index contributed by atoms with van der Waals surface area (Å²) in [7, 11) is 3.30. The van der Waals surface area contributed by atoms with E-state index in [1.54, 1.807) is 51.4 Å². The molecule has 0 unspecified atom stereocenters. The molecule has 110 valence electrons. The summed E-state index contributed by atoms with van der Waals surface area (Å²) < 4.78 is 1.44. The number of aryl methyl sites for hydroxylation is 2. The highest BCUT2D eigenvalue weighted by Gasteiger charge is 2.23. The van der Waals surface area contributed by atoms with Crippen molar-refractivity contribution in [2.24, 2.45) is 12.1 Å². The van der Waals surface area contributed by atoms with Crippen LogP contribution in [-0.2, 0) is 11.8 Å². The minimum Gasteiger partial charge on any atom is -0.300 e. The predicted molar refractivity (Wildman–Crippen MR) is 82.9 cm³/mol. The van der Waals surface area contributed by atoms with Gasteiger partial charge in [-0.1, -0.05) is 18.2 Å². The van der Waals surface area contributed by atoms with Gasteiger partial charge in [-0.25, -0.2) is 5.01 Å². The first-order valence-corrected chi connectivity index (χ1v) is 6.56. The molecular weight excluding hydrogens is 268 g/mol. The number of rotatable bonds is 3. The molecular formula is C15H18N4O2. The minimum absolute atomic E-state index is 0.0638. The zero-order chi connectivity index (χ0) is 15.6. The van der Waals surface area contributed by atoms with Gasteiger partial charge >= 0.3 is 0 Å². The maximum Gasteiger partial charge on any atom is 0.275 e. The first-order valence-electron chi connectivity index (χ1n) is 6.56. The van der Waals surface area contributed by atoms with Crippen molar-refractivity contribution in [1.29, 1.82) is 0 Å². The molecule has 1 N–H and O–H groups in total. The van der Waals surface area contributed by atoms with E-state index in [0.29, 0.717) is 16.8 Å². The molecule has 6 nitrogen and oxygen atoms in total. The van der Waals surface area contributed by atoms with Crippen LogP contribution in [0.4, 0.5) is 0 Å². The number of hydrogen-bond donors (Lipinski definition) is 1. The average Bonchev–Trinajstić information content (AvgIpc) is 2.80. The van der Waals surface area contributed by atoms with Crippen molar-refractivity contribution >= 4 is 17.7 Å². The van der Waals surface area contributed by atoms with Crippen molar-refractivity contribution in [3.63, 3.8) is 0 Å². The van der Waals surface area contributed by atoms with Gasteiger partial charge in [-0.2, -0.15) is 5.10 Å². The van der Waals surface area contributed by atoms with E-state index in [-0.39, 0.29) is 11.5 Å². The second-order valence-electron chi connectivity index (χ2n) is 4.85. The second-order valence-corrected chi connectivity index (χ2v) is 4.85. The van der Waals surface area contributed by atoms with Gasteiger partial charge in [-0.3, -0.25) is 19.4 Å². The van der Waals surface area contributed by atoms with E-state index in [9.17, 15) is 9.59 Å². The highest BCUT2D eigenvalue weighted by molar-refractivity contribution is 6.23. The Hall–Kier alpha value is -2.63. The molecule has 0 radical (unpaired) electrons. The monoisotopic (exact) mass is 286 g/mol. The van der Waals surface area contributed by atoms with Crippen LogP contribution in [-0.4, -0.2) is 33.5 Å². The molecule has 0 aliphatic carbocycles. The van der Waals surface area contributed by atoms with Crippen LogP contribution in [0.2, 0.25) is 0 Å². The maximum absolute atomic E-state index is 11.8. The summed E-state index contributed by atoms with van der Waals surface area (Å²) >= 11 is 0. The number of aromatic nitrogens is 2. The number of nitrogens with zero attached hydrogens (tertiary/aromatic N) is 3. The minimum atomic E-state index is -0.114. The van der Waals surface area contributed by atoms with Gasteiger partial charge in [0.25, 0.3) is 11.5 Å². The Morgan fingerprint density at radius 2 is 1.81 bits per heavy atom. The first kappa shape index (κ1) is 14.8. The quantitative estimate of drug-likeness (QED) is 0.673. The average molecular weight is 286 g/mol. The van der Waals surface area contributed by atoms with E-state index in [1.807, 2.05) is 6.92 Å². The predicted octanol–water partition coefficient (Wildman–Crippen LogP) is 1.37. The second kappa shape index (κ2) is 5.78. The van der Waals surface area contributed by atoms with E-state index in [1.165, 1.54) is 9.69 Å². The fourth-order valence-corrected chi connectivity index (χ4v) is 2.11.